The number of aromatic nitrogens is 2. The van der Waals surface area contributed by atoms with Crippen LogP contribution in [0.3, 0.4) is 0 Å². The maximum absolute atomic E-state index is 13.4. The minimum absolute atomic E-state index is 0.0207. The molecular formula is C12H16FN3O6. The third-order valence-corrected chi connectivity index (χ3v) is 3.43. The Balaban J connectivity index is 2.50. The number of rotatable bonds is 3. The predicted octanol–water partition coefficient (Wildman–Crippen LogP) is -1.24. The number of halogens is 1. The molecule has 1 aliphatic heterocycles. The molecule has 0 unspecified atom stereocenters. The number of ether oxygens (including phenoxy) is 1. The molecule has 0 radical (unpaired) electrons. The van der Waals surface area contributed by atoms with Gasteiger partial charge in [-0.25, -0.2) is 9.59 Å². The third-order valence-electron chi connectivity index (χ3n) is 3.43. The first-order valence-corrected chi connectivity index (χ1v) is 6.65. The summed E-state index contributed by atoms with van der Waals surface area (Å²) in [6.45, 7) is 1.15. The molecule has 0 saturated carbocycles. The van der Waals surface area contributed by atoms with Crippen molar-refractivity contribution in [1.82, 2.24) is 14.5 Å². The van der Waals surface area contributed by atoms with Gasteiger partial charge in [-0.05, 0) is 6.92 Å². The van der Waals surface area contributed by atoms with Crippen molar-refractivity contribution in [3.63, 3.8) is 0 Å². The zero-order valence-corrected chi connectivity index (χ0v) is 11.7. The molecule has 1 saturated heterocycles. The molecule has 1 fully saturated rings. The van der Waals surface area contributed by atoms with Gasteiger partial charge in [-0.2, -0.15) is 4.39 Å². The molecule has 22 heavy (non-hydrogen) atoms. The quantitative estimate of drug-likeness (QED) is 0.640. The average molecular weight is 317 g/mol. The number of hydrogen-bond donors (Lipinski definition) is 3. The number of likely N-dealkylation sites (tertiary alicyclic amines) is 1. The third kappa shape index (κ3) is 2.74. The fourth-order valence-corrected chi connectivity index (χ4v) is 2.51. The highest BCUT2D eigenvalue weighted by molar-refractivity contribution is 5.68. The second-order valence-electron chi connectivity index (χ2n) is 4.80. The largest absolute Gasteiger partial charge is 0.450 e. The van der Waals surface area contributed by atoms with Gasteiger partial charge in [-0.3, -0.25) is 19.2 Å². The van der Waals surface area contributed by atoms with Gasteiger partial charge in [0.2, 0.25) is 5.82 Å². The number of H-pyrrole nitrogens is 1. The van der Waals surface area contributed by atoms with Gasteiger partial charge < -0.3 is 14.9 Å². The second-order valence-corrected chi connectivity index (χ2v) is 4.80. The number of hydrogen-bond acceptors (Lipinski definition) is 6. The Kier molecular flexibility index (Phi) is 4.62. The number of nitrogens with one attached hydrogen (secondary N) is 1. The Morgan fingerprint density at radius 1 is 1.55 bits per heavy atom. The minimum Gasteiger partial charge on any atom is -0.450 e. The van der Waals surface area contributed by atoms with Gasteiger partial charge in [0, 0.05) is 6.42 Å². The number of nitrogens with zero attached hydrogens (tertiary/aromatic N) is 2. The second kappa shape index (κ2) is 6.28. The van der Waals surface area contributed by atoms with E-state index in [0.29, 0.717) is 10.8 Å². The van der Waals surface area contributed by atoms with E-state index in [4.69, 9.17) is 4.74 Å². The van der Waals surface area contributed by atoms with E-state index >= 15 is 0 Å². The molecule has 2 heterocycles. The summed E-state index contributed by atoms with van der Waals surface area (Å²) < 4.78 is 19.0. The molecule has 1 aliphatic rings. The predicted molar refractivity (Wildman–Crippen MR) is 70.7 cm³/mol. The molecule has 1 amide bonds. The van der Waals surface area contributed by atoms with E-state index in [1.807, 2.05) is 0 Å². The van der Waals surface area contributed by atoms with E-state index < -0.39 is 48.1 Å². The lowest BCUT2D eigenvalue weighted by Crippen LogP contribution is -2.47. The van der Waals surface area contributed by atoms with Crippen molar-refractivity contribution in [1.29, 1.82) is 0 Å². The Morgan fingerprint density at radius 2 is 2.23 bits per heavy atom. The highest BCUT2D eigenvalue weighted by Gasteiger charge is 2.45. The maximum atomic E-state index is 13.4. The van der Waals surface area contributed by atoms with Crippen LogP contribution in [-0.2, 0) is 4.74 Å². The number of carbonyl (C=O) groups excluding carboxylic acids is 1. The summed E-state index contributed by atoms with van der Waals surface area (Å²) >= 11 is 0. The van der Waals surface area contributed by atoms with Gasteiger partial charge in [-0.1, -0.05) is 0 Å². The van der Waals surface area contributed by atoms with Crippen LogP contribution >= 0.6 is 0 Å². The van der Waals surface area contributed by atoms with Crippen LogP contribution in [0.1, 0.15) is 19.5 Å². The normalized spacial score (nSPS) is 24.5. The summed E-state index contributed by atoms with van der Waals surface area (Å²) in [5.41, 5.74) is -2.18. The van der Waals surface area contributed by atoms with Crippen LogP contribution < -0.4 is 11.2 Å². The van der Waals surface area contributed by atoms with Crippen LogP contribution in [0.15, 0.2) is 15.8 Å². The van der Waals surface area contributed by atoms with E-state index in [2.05, 4.69) is 0 Å². The molecule has 1 aromatic rings. The van der Waals surface area contributed by atoms with Crippen molar-refractivity contribution in [3.05, 3.63) is 32.9 Å². The fourth-order valence-electron chi connectivity index (χ4n) is 2.51. The number of aliphatic hydroxyl groups is 2. The average Bonchev–Trinajstić information content (AvgIpc) is 2.80. The van der Waals surface area contributed by atoms with Crippen LogP contribution in [-0.4, -0.2) is 56.1 Å². The summed E-state index contributed by atoms with van der Waals surface area (Å²) in [6.07, 6.45) is -2.78. The van der Waals surface area contributed by atoms with Crippen molar-refractivity contribution >= 4 is 6.09 Å². The van der Waals surface area contributed by atoms with Crippen LogP contribution in [0.5, 0.6) is 0 Å². The van der Waals surface area contributed by atoms with E-state index in [9.17, 15) is 29.0 Å². The molecule has 3 N–H and O–H groups in total. The number of carbonyl (C=O) groups is 1. The molecule has 9 nitrogen and oxygen atoms in total. The van der Waals surface area contributed by atoms with Gasteiger partial charge in [-0.15, -0.1) is 0 Å². The van der Waals surface area contributed by atoms with Gasteiger partial charge in [0.15, 0.2) is 0 Å². The topological polar surface area (TPSA) is 125 Å². The molecule has 0 aromatic carbocycles. The van der Waals surface area contributed by atoms with Gasteiger partial charge in [0.1, 0.15) is 6.17 Å². The SMILES string of the molecule is CCOC(=O)N1[C@H](CO)C[C@@H](O)[C@@H]1n1cc(F)c(=O)[nH]c1=O. The summed E-state index contributed by atoms with van der Waals surface area (Å²) in [7, 11) is 0. The van der Waals surface area contributed by atoms with Crippen LogP contribution in [0.25, 0.3) is 0 Å². The number of amides is 1. The molecule has 3 atom stereocenters. The molecular weight excluding hydrogens is 301 g/mol. The Labute approximate surface area is 123 Å². The summed E-state index contributed by atoms with van der Waals surface area (Å²) in [6, 6.07) is -0.791. The maximum Gasteiger partial charge on any atom is 0.411 e. The van der Waals surface area contributed by atoms with E-state index in [1.54, 1.807) is 11.9 Å². The fraction of sp³-hybridized carbons (Fsp3) is 0.583. The van der Waals surface area contributed by atoms with Crippen LogP contribution in [0.2, 0.25) is 0 Å². The minimum atomic E-state index is -1.28. The molecule has 2 rings (SSSR count). The highest BCUT2D eigenvalue weighted by atomic mass is 19.1. The van der Waals surface area contributed by atoms with Gasteiger partial charge >= 0.3 is 11.8 Å². The van der Waals surface area contributed by atoms with Crippen molar-refractivity contribution in [3.8, 4) is 0 Å². The van der Waals surface area contributed by atoms with Crippen molar-refractivity contribution < 1.29 is 24.1 Å². The van der Waals surface area contributed by atoms with E-state index in [-0.39, 0.29) is 13.0 Å². The Morgan fingerprint density at radius 3 is 2.82 bits per heavy atom. The van der Waals surface area contributed by atoms with Crippen molar-refractivity contribution in [2.24, 2.45) is 0 Å². The summed E-state index contributed by atoms with van der Waals surface area (Å²) in [5.74, 6) is -1.23. The zero-order valence-electron chi connectivity index (χ0n) is 11.7. The highest BCUT2D eigenvalue weighted by Crippen LogP contribution is 2.32. The summed E-state index contributed by atoms with van der Waals surface area (Å²) in [5, 5.41) is 19.4. The molecule has 122 valence electrons. The first-order valence-electron chi connectivity index (χ1n) is 6.65. The first kappa shape index (κ1) is 16.2. The van der Waals surface area contributed by atoms with E-state index in [0.717, 1.165) is 4.90 Å². The van der Waals surface area contributed by atoms with Crippen LogP contribution in [0.4, 0.5) is 9.18 Å². The zero-order chi connectivity index (χ0) is 16.4. The number of aliphatic hydroxyl groups excluding tert-OH is 2. The van der Waals surface area contributed by atoms with Gasteiger partial charge in [0.25, 0.3) is 5.56 Å². The Bertz CT molecular complexity index is 672. The summed E-state index contributed by atoms with van der Waals surface area (Å²) in [4.78, 5) is 37.6. The van der Waals surface area contributed by atoms with E-state index in [1.165, 1.54) is 0 Å². The van der Waals surface area contributed by atoms with Crippen LogP contribution in [0, 0.1) is 5.82 Å². The lowest BCUT2D eigenvalue weighted by Gasteiger charge is -2.29. The first-order chi connectivity index (χ1) is 10.4. The monoisotopic (exact) mass is 317 g/mol. The molecule has 10 heteroatoms. The molecule has 0 spiro atoms. The van der Waals surface area contributed by atoms with Gasteiger partial charge in [0.05, 0.1) is 31.6 Å². The Hall–Kier alpha value is -2.20. The lowest BCUT2D eigenvalue weighted by atomic mass is 10.2. The molecule has 0 aliphatic carbocycles. The molecule has 1 aromatic heterocycles. The van der Waals surface area contributed by atoms with Crippen molar-refractivity contribution in [2.45, 2.75) is 31.7 Å². The smallest absolute Gasteiger partial charge is 0.411 e. The molecule has 0 bridgehead atoms. The van der Waals surface area contributed by atoms with Crippen molar-refractivity contribution in [2.75, 3.05) is 13.2 Å². The lowest BCUT2D eigenvalue weighted by molar-refractivity contribution is 0.0336. The number of aromatic amines is 1. The standard InChI is InChI=1S/C12H16FN3O6/c1-2-22-12(21)16-6(5-17)3-8(18)10(16)15-4-7(13)9(19)14-11(15)20/h4,6,8,10,17-18H,2-3,5H2,1H3,(H,14,19,20)/t6-,8+,10+/m0/s1.